The maximum Gasteiger partial charge on any atom is 0.0367 e. The maximum atomic E-state index is 3.65. The van der Waals surface area contributed by atoms with Crippen molar-refractivity contribution in [2.24, 2.45) is 5.92 Å². The zero-order valence-corrected chi connectivity index (χ0v) is 11.6. The minimum absolute atomic E-state index is 0.833. The van der Waals surface area contributed by atoms with Crippen LogP contribution in [0.5, 0.6) is 0 Å². The van der Waals surface area contributed by atoms with Gasteiger partial charge in [0.1, 0.15) is 0 Å². The highest BCUT2D eigenvalue weighted by atomic mass is 79.9. The van der Waals surface area contributed by atoms with Gasteiger partial charge in [0, 0.05) is 29.3 Å². The fourth-order valence-corrected chi connectivity index (χ4v) is 2.77. The molecular weight excluding hydrogens is 276 g/mol. The molecule has 0 aromatic heterocycles. The third kappa shape index (κ3) is 3.02. The van der Waals surface area contributed by atoms with Crippen molar-refractivity contribution in [2.45, 2.75) is 25.3 Å². The molecular formula is C14H19BrN2. The standard InChI is InChI=1S/C14H19BrN2/c15-12-1-5-14(6-2-12)17-8-7-11(10-17)9-16-13-3-4-13/h1-2,5-6,11,13,16H,3-4,7-10H2. The maximum absolute atomic E-state index is 3.65. The Hall–Kier alpha value is -0.540. The molecule has 3 heteroatoms. The van der Waals surface area contributed by atoms with E-state index in [4.69, 9.17) is 0 Å². The highest BCUT2D eigenvalue weighted by Gasteiger charge is 2.26. The van der Waals surface area contributed by atoms with Crippen molar-refractivity contribution < 1.29 is 0 Å². The lowest BCUT2D eigenvalue weighted by Gasteiger charge is -2.19. The molecule has 2 fully saturated rings. The summed E-state index contributed by atoms with van der Waals surface area (Å²) in [6, 6.07) is 9.52. The van der Waals surface area contributed by atoms with E-state index in [0.29, 0.717) is 0 Å². The van der Waals surface area contributed by atoms with E-state index in [2.05, 4.69) is 50.4 Å². The van der Waals surface area contributed by atoms with Crippen molar-refractivity contribution >= 4 is 21.6 Å². The summed E-state index contributed by atoms with van der Waals surface area (Å²) >= 11 is 3.49. The van der Waals surface area contributed by atoms with E-state index in [9.17, 15) is 0 Å². The second kappa shape index (κ2) is 4.99. The van der Waals surface area contributed by atoms with Crippen LogP contribution < -0.4 is 10.2 Å². The van der Waals surface area contributed by atoms with Gasteiger partial charge in [0.05, 0.1) is 0 Å². The Morgan fingerprint density at radius 1 is 1.18 bits per heavy atom. The number of hydrogen-bond acceptors (Lipinski definition) is 2. The van der Waals surface area contributed by atoms with Gasteiger partial charge in [-0.25, -0.2) is 0 Å². The van der Waals surface area contributed by atoms with Crippen molar-refractivity contribution in [3.8, 4) is 0 Å². The first-order valence-electron chi connectivity index (χ1n) is 6.55. The molecule has 2 nitrogen and oxygen atoms in total. The number of nitrogens with one attached hydrogen (secondary N) is 1. The van der Waals surface area contributed by atoms with Gasteiger partial charge in [-0.1, -0.05) is 15.9 Å². The Labute approximate surface area is 112 Å². The largest absolute Gasteiger partial charge is 0.371 e. The Morgan fingerprint density at radius 3 is 2.65 bits per heavy atom. The lowest BCUT2D eigenvalue weighted by molar-refractivity contribution is 0.515. The van der Waals surface area contributed by atoms with Crippen molar-refractivity contribution in [2.75, 3.05) is 24.5 Å². The lowest BCUT2D eigenvalue weighted by atomic mass is 10.1. The van der Waals surface area contributed by atoms with Gasteiger partial charge >= 0.3 is 0 Å². The van der Waals surface area contributed by atoms with E-state index in [1.165, 1.54) is 44.6 Å². The molecule has 1 saturated heterocycles. The molecule has 3 rings (SSSR count). The molecule has 1 N–H and O–H groups in total. The molecule has 0 spiro atoms. The van der Waals surface area contributed by atoms with Crippen LogP contribution in [0, 0.1) is 5.92 Å². The summed E-state index contributed by atoms with van der Waals surface area (Å²) in [6.07, 6.45) is 4.11. The van der Waals surface area contributed by atoms with Gasteiger partial charge in [0.15, 0.2) is 0 Å². The third-order valence-electron chi connectivity index (χ3n) is 3.75. The predicted octanol–water partition coefficient (Wildman–Crippen LogP) is 3.03. The Kier molecular flexibility index (Phi) is 3.39. The molecule has 1 aliphatic heterocycles. The first-order valence-corrected chi connectivity index (χ1v) is 7.34. The first kappa shape index (κ1) is 11.5. The topological polar surface area (TPSA) is 15.3 Å². The van der Waals surface area contributed by atoms with Crippen LogP contribution in [0.4, 0.5) is 5.69 Å². The van der Waals surface area contributed by atoms with Crippen LogP contribution in [0.1, 0.15) is 19.3 Å². The predicted molar refractivity (Wildman–Crippen MR) is 75.5 cm³/mol. The van der Waals surface area contributed by atoms with Crippen LogP contribution in [0.15, 0.2) is 28.7 Å². The van der Waals surface area contributed by atoms with Crippen LogP contribution in [-0.2, 0) is 0 Å². The zero-order valence-electron chi connectivity index (χ0n) is 10.0. The van der Waals surface area contributed by atoms with E-state index in [1.807, 2.05) is 0 Å². The van der Waals surface area contributed by atoms with Crippen molar-refractivity contribution in [3.05, 3.63) is 28.7 Å². The molecule has 2 aliphatic rings. The third-order valence-corrected chi connectivity index (χ3v) is 4.28. The lowest BCUT2D eigenvalue weighted by Crippen LogP contribution is -2.27. The molecule has 1 heterocycles. The van der Waals surface area contributed by atoms with E-state index in [1.54, 1.807) is 0 Å². The average Bonchev–Trinajstić information content (AvgIpc) is 3.06. The smallest absolute Gasteiger partial charge is 0.0367 e. The van der Waals surface area contributed by atoms with E-state index >= 15 is 0 Å². The monoisotopic (exact) mass is 294 g/mol. The number of hydrogen-bond donors (Lipinski definition) is 1. The molecule has 1 aliphatic carbocycles. The number of anilines is 1. The van der Waals surface area contributed by atoms with E-state index in [0.717, 1.165) is 16.4 Å². The second-order valence-corrected chi connectivity index (χ2v) is 6.18. The zero-order chi connectivity index (χ0) is 11.7. The van der Waals surface area contributed by atoms with Crippen molar-refractivity contribution in [1.82, 2.24) is 5.32 Å². The van der Waals surface area contributed by atoms with Crippen LogP contribution in [0.25, 0.3) is 0 Å². The number of rotatable bonds is 4. The molecule has 0 radical (unpaired) electrons. The second-order valence-electron chi connectivity index (χ2n) is 5.26. The molecule has 0 bridgehead atoms. The summed E-state index contributed by atoms with van der Waals surface area (Å²) in [7, 11) is 0. The fourth-order valence-electron chi connectivity index (χ4n) is 2.51. The molecule has 1 aromatic rings. The summed E-state index contributed by atoms with van der Waals surface area (Å²) in [6.45, 7) is 3.62. The van der Waals surface area contributed by atoms with Crippen molar-refractivity contribution in [1.29, 1.82) is 0 Å². The van der Waals surface area contributed by atoms with Crippen LogP contribution in [-0.4, -0.2) is 25.7 Å². The van der Waals surface area contributed by atoms with Crippen LogP contribution in [0.3, 0.4) is 0 Å². The summed E-state index contributed by atoms with van der Waals surface area (Å²) in [4.78, 5) is 2.51. The summed E-state index contributed by atoms with van der Waals surface area (Å²) < 4.78 is 1.16. The molecule has 1 aromatic carbocycles. The van der Waals surface area contributed by atoms with E-state index < -0.39 is 0 Å². The van der Waals surface area contributed by atoms with Crippen LogP contribution in [0.2, 0.25) is 0 Å². The Balaban J connectivity index is 1.53. The number of nitrogens with zero attached hydrogens (tertiary/aromatic N) is 1. The van der Waals surface area contributed by atoms with Gasteiger partial charge in [0.2, 0.25) is 0 Å². The van der Waals surface area contributed by atoms with Gasteiger partial charge in [-0.05, 0) is 56.0 Å². The molecule has 0 amide bonds. The quantitative estimate of drug-likeness (QED) is 0.918. The highest BCUT2D eigenvalue weighted by Crippen LogP contribution is 2.26. The van der Waals surface area contributed by atoms with Gasteiger partial charge in [-0.3, -0.25) is 0 Å². The first-order chi connectivity index (χ1) is 8.31. The Bertz CT molecular complexity index is 372. The molecule has 17 heavy (non-hydrogen) atoms. The molecule has 1 atom stereocenters. The van der Waals surface area contributed by atoms with Crippen LogP contribution >= 0.6 is 15.9 Å². The Morgan fingerprint density at radius 2 is 1.94 bits per heavy atom. The van der Waals surface area contributed by atoms with Gasteiger partial charge in [-0.2, -0.15) is 0 Å². The fraction of sp³-hybridized carbons (Fsp3) is 0.571. The SMILES string of the molecule is Brc1ccc(N2CCC(CNC3CC3)C2)cc1. The highest BCUT2D eigenvalue weighted by molar-refractivity contribution is 9.10. The minimum atomic E-state index is 0.833. The van der Waals surface area contributed by atoms with Gasteiger partial charge < -0.3 is 10.2 Å². The summed E-state index contributed by atoms with van der Waals surface area (Å²) in [5.41, 5.74) is 1.36. The summed E-state index contributed by atoms with van der Waals surface area (Å²) in [5.74, 6) is 0.833. The average molecular weight is 295 g/mol. The number of benzene rings is 1. The van der Waals surface area contributed by atoms with E-state index in [-0.39, 0.29) is 0 Å². The van der Waals surface area contributed by atoms with Gasteiger partial charge in [-0.15, -0.1) is 0 Å². The minimum Gasteiger partial charge on any atom is -0.371 e. The van der Waals surface area contributed by atoms with Crippen molar-refractivity contribution in [3.63, 3.8) is 0 Å². The normalized spacial score (nSPS) is 24.3. The number of halogens is 1. The van der Waals surface area contributed by atoms with Gasteiger partial charge in [0.25, 0.3) is 0 Å². The summed E-state index contributed by atoms with van der Waals surface area (Å²) in [5, 5.41) is 3.65. The molecule has 92 valence electrons. The molecule has 1 saturated carbocycles. The molecule has 1 unspecified atom stereocenters.